The molecule has 2 amide bonds. The molecule has 0 bridgehead atoms. The van der Waals surface area contributed by atoms with Crippen molar-refractivity contribution >= 4 is 12.0 Å². The number of carbonyl (C=O) groups is 2. The van der Waals surface area contributed by atoms with E-state index in [1.807, 2.05) is 20.8 Å². The molecule has 1 rings (SSSR count). The van der Waals surface area contributed by atoms with Crippen LogP contribution in [0.2, 0.25) is 0 Å². The topological polar surface area (TPSA) is 67.4 Å². The number of hydrogen-bond acceptors (Lipinski definition) is 3. The van der Waals surface area contributed by atoms with Crippen molar-refractivity contribution in [3.8, 4) is 0 Å². The fraction of sp³-hybridized carbons (Fsp3) is 0.875. The van der Waals surface area contributed by atoms with Gasteiger partial charge in [0.2, 0.25) is 0 Å². The quantitative estimate of drug-likeness (QED) is 0.561. The highest BCUT2D eigenvalue weighted by atomic mass is 16.5. The Balaban J connectivity index is 2.06. The van der Waals surface area contributed by atoms with Crippen molar-refractivity contribution in [2.45, 2.75) is 59.3 Å². The number of carbonyl (C=O) groups excluding carboxylic acids is 2. The van der Waals surface area contributed by atoms with Gasteiger partial charge < -0.3 is 15.4 Å². The summed E-state index contributed by atoms with van der Waals surface area (Å²) in [5.41, 5.74) is -0.455. The predicted octanol–water partition coefficient (Wildman–Crippen LogP) is 2.85. The van der Waals surface area contributed by atoms with Crippen LogP contribution in [0.3, 0.4) is 0 Å². The van der Waals surface area contributed by atoms with Gasteiger partial charge in [-0.05, 0) is 39.0 Å². The van der Waals surface area contributed by atoms with Crippen LogP contribution >= 0.6 is 0 Å². The van der Waals surface area contributed by atoms with E-state index in [2.05, 4.69) is 10.6 Å². The summed E-state index contributed by atoms with van der Waals surface area (Å²) < 4.78 is 5.16. The van der Waals surface area contributed by atoms with E-state index in [0.29, 0.717) is 12.5 Å². The minimum absolute atomic E-state index is 0.175. The molecule has 0 spiro atoms. The van der Waals surface area contributed by atoms with Gasteiger partial charge in [0.05, 0.1) is 12.0 Å². The van der Waals surface area contributed by atoms with Crippen LogP contribution in [0.25, 0.3) is 0 Å². The van der Waals surface area contributed by atoms with Crippen molar-refractivity contribution in [3.05, 3.63) is 0 Å². The Morgan fingerprint density at radius 2 is 1.81 bits per heavy atom. The van der Waals surface area contributed by atoms with E-state index < -0.39 is 5.41 Å². The van der Waals surface area contributed by atoms with Crippen molar-refractivity contribution in [2.24, 2.45) is 11.3 Å². The standard InChI is InChI=1S/C16H30N2O3/c1-4-16(2,3)14(19)21-11-10-17-15(20)18-12-13-8-6-5-7-9-13/h13H,4-12H2,1-3H3,(H2,17,18,20). The molecule has 0 aromatic rings. The van der Waals surface area contributed by atoms with E-state index in [1.54, 1.807) is 0 Å². The Morgan fingerprint density at radius 3 is 2.43 bits per heavy atom. The van der Waals surface area contributed by atoms with Crippen LogP contribution in [0.5, 0.6) is 0 Å². The van der Waals surface area contributed by atoms with Gasteiger partial charge >= 0.3 is 12.0 Å². The second-order valence-corrected chi connectivity index (χ2v) is 6.51. The molecule has 1 fully saturated rings. The number of esters is 1. The smallest absolute Gasteiger partial charge is 0.314 e. The molecular weight excluding hydrogens is 268 g/mol. The Labute approximate surface area is 128 Å². The summed E-state index contributed by atoms with van der Waals surface area (Å²) in [5, 5.41) is 5.61. The van der Waals surface area contributed by atoms with Crippen molar-refractivity contribution in [1.82, 2.24) is 10.6 Å². The minimum atomic E-state index is -0.455. The lowest BCUT2D eigenvalue weighted by molar-refractivity contribution is -0.153. The van der Waals surface area contributed by atoms with E-state index in [4.69, 9.17) is 4.74 Å². The summed E-state index contributed by atoms with van der Waals surface area (Å²) in [7, 11) is 0. The zero-order chi connectivity index (χ0) is 15.7. The molecule has 1 aliphatic carbocycles. The number of urea groups is 1. The lowest BCUT2D eigenvalue weighted by atomic mass is 9.89. The predicted molar refractivity (Wildman–Crippen MR) is 83.0 cm³/mol. The lowest BCUT2D eigenvalue weighted by Crippen LogP contribution is -2.40. The molecule has 0 saturated heterocycles. The first-order chi connectivity index (χ1) is 9.95. The molecule has 21 heavy (non-hydrogen) atoms. The van der Waals surface area contributed by atoms with Gasteiger partial charge in [-0.3, -0.25) is 4.79 Å². The summed E-state index contributed by atoms with van der Waals surface area (Å²) >= 11 is 0. The Hall–Kier alpha value is -1.26. The van der Waals surface area contributed by atoms with Crippen molar-refractivity contribution in [2.75, 3.05) is 19.7 Å². The van der Waals surface area contributed by atoms with E-state index in [9.17, 15) is 9.59 Å². The van der Waals surface area contributed by atoms with Gasteiger partial charge in [-0.1, -0.05) is 26.2 Å². The fourth-order valence-electron chi connectivity index (χ4n) is 2.34. The van der Waals surface area contributed by atoms with Gasteiger partial charge in [0.15, 0.2) is 0 Å². The molecule has 122 valence electrons. The number of amides is 2. The van der Waals surface area contributed by atoms with Crippen LogP contribution in [0.4, 0.5) is 4.79 Å². The summed E-state index contributed by atoms with van der Waals surface area (Å²) in [6.07, 6.45) is 7.03. The molecule has 5 heteroatoms. The summed E-state index contributed by atoms with van der Waals surface area (Å²) in [4.78, 5) is 23.3. The third-order valence-corrected chi connectivity index (χ3v) is 4.33. The molecule has 0 unspecified atom stereocenters. The summed E-state index contributed by atoms with van der Waals surface area (Å²) in [5.74, 6) is 0.405. The van der Waals surface area contributed by atoms with Crippen LogP contribution in [-0.4, -0.2) is 31.7 Å². The van der Waals surface area contributed by atoms with E-state index >= 15 is 0 Å². The van der Waals surface area contributed by atoms with Crippen molar-refractivity contribution < 1.29 is 14.3 Å². The zero-order valence-electron chi connectivity index (χ0n) is 13.7. The maximum absolute atomic E-state index is 11.7. The van der Waals surface area contributed by atoms with Gasteiger partial charge in [-0.15, -0.1) is 0 Å². The molecule has 5 nitrogen and oxygen atoms in total. The van der Waals surface area contributed by atoms with Crippen molar-refractivity contribution in [3.63, 3.8) is 0 Å². The largest absolute Gasteiger partial charge is 0.463 e. The van der Waals surface area contributed by atoms with Crippen LogP contribution in [0.15, 0.2) is 0 Å². The SMILES string of the molecule is CCC(C)(C)C(=O)OCCNC(=O)NCC1CCCCC1. The normalized spacial score (nSPS) is 16.3. The Kier molecular flexibility index (Phi) is 7.54. The minimum Gasteiger partial charge on any atom is -0.463 e. The Morgan fingerprint density at radius 1 is 1.14 bits per heavy atom. The van der Waals surface area contributed by atoms with Crippen LogP contribution in [0, 0.1) is 11.3 Å². The average molecular weight is 298 g/mol. The number of ether oxygens (including phenoxy) is 1. The van der Waals surface area contributed by atoms with Crippen LogP contribution in [0.1, 0.15) is 59.3 Å². The molecule has 0 atom stereocenters. The molecule has 0 aromatic carbocycles. The van der Waals surface area contributed by atoms with Crippen LogP contribution < -0.4 is 10.6 Å². The van der Waals surface area contributed by atoms with Gasteiger partial charge in [-0.2, -0.15) is 0 Å². The van der Waals surface area contributed by atoms with Gasteiger partial charge in [0.1, 0.15) is 6.61 Å². The fourth-order valence-corrected chi connectivity index (χ4v) is 2.34. The maximum Gasteiger partial charge on any atom is 0.314 e. The Bertz CT molecular complexity index is 336. The molecule has 1 aliphatic rings. The van der Waals surface area contributed by atoms with Gasteiger partial charge in [-0.25, -0.2) is 4.79 Å². The van der Waals surface area contributed by atoms with E-state index in [-0.39, 0.29) is 18.6 Å². The van der Waals surface area contributed by atoms with Crippen LogP contribution in [-0.2, 0) is 9.53 Å². The third kappa shape index (κ3) is 6.82. The molecule has 0 aromatic heterocycles. The van der Waals surface area contributed by atoms with Gasteiger partial charge in [0, 0.05) is 6.54 Å². The second kappa shape index (κ2) is 8.90. The lowest BCUT2D eigenvalue weighted by Gasteiger charge is -2.22. The molecule has 0 radical (unpaired) electrons. The maximum atomic E-state index is 11.7. The number of nitrogens with one attached hydrogen (secondary N) is 2. The van der Waals surface area contributed by atoms with E-state index in [0.717, 1.165) is 13.0 Å². The molecule has 1 saturated carbocycles. The average Bonchev–Trinajstić information content (AvgIpc) is 2.50. The molecule has 0 heterocycles. The first-order valence-electron chi connectivity index (χ1n) is 8.14. The van der Waals surface area contributed by atoms with Crippen molar-refractivity contribution in [1.29, 1.82) is 0 Å². The summed E-state index contributed by atoms with van der Waals surface area (Å²) in [6.45, 7) is 6.99. The molecular formula is C16H30N2O3. The summed E-state index contributed by atoms with van der Waals surface area (Å²) in [6, 6.07) is -0.175. The zero-order valence-corrected chi connectivity index (χ0v) is 13.7. The number of rotatable bonds is 7. The highest BCUT2D eigenvalue weighted by Gasteiger charge is 2.26. The van der Waals surface area contributed by atoms with Gasteiger partial charge in [0.25, 0.3) is 0 Å². The molecule has 2 N–H and O–H groups in total. The number of hydrogen-bond donors (Lipinski definition) is 2. The first kappa shape index (κ1) is 17.8. The second-order valence-electron chi connectivity index (χ2n) is 6.51. The first-order valence-corrected chi connectivity index (χ1v) is 8.14. The molecule has 0 aliphatic heterocycles. The highest BCUT2D eigenvalue weighted by molar-refractivity contribution is 5.76. The van der Waals surface area contributed by atoms with E-state index in [1.165, 1.54) is 32.1 Å². The monoisotopic (exact) mass is 298 g/mol. The highest BCUT2D eigenvalue weighted by Crippen LogP contribution is 2.22. The third-order valence-electron chi connectivity index (χ3n) is 4.33.